The second-order valence-corrected chi connectivity index (χ2v) is 8.31. The van der Waals surface area contributed by atoms with Crippen molar-refractivity contribution in [2.75, 3.05) is 41.3 Å². The lowest BCUT2D eigenvalue weighted by Gasteiger charge is -2.27. The number of anilines is 4. The standard InChI is InChI=1S/C22H28N8O/c31-21-19-17(15-24-28-21)26-22(30-12-4-1-2-5-13-30)27-20(19)25-16-8-9-18(23-14-16)29-10-6-3-7-11-29/h8-9,14-15H,1-7,10-13H2,(H,28,31)(H,25,26,27). The van der Waals surface area contributed by atoms with E-state index in [4.69, 9.17) is 4.98 Å². The molecule has 0 aromatic carbocycles. The Morgan fingerprint density at radius 2 is 1.55 bits per heavy atom. The topological polar surface area (TPSA) is 103 Å². The van der Waals surface area contributed by atoms with Crippen LogP contribution in [0.15, 0.2) is 29.3 Å². The Bertz CT molecular complexity index is 1080. The van der Waals surface area contributed by atoms with Crippen LogP contribution in [0.1, 0.15) is 44.9 Å². The third-order valence-electron chi connectivity index (χ3n) is 6.08. The fourth-order valence-electron chi connectivity index (χ4n) is 4.40. The number of nitrogens with one attached hydrogen (secondary N) is 2. The summed E-state index contributed by atoms with van der Waals surface area (Å²) in [4.78, 5) is 31.1. The van der Waals surface area contributed by atoms with Crippen molar-refractivity contribution in [2.24, 2.45) is 0 Å². The Kier molecular flexibility index (Phi) is 5.64. The summed E-state index contributed by atoms with van der Waals surface area (Å²) in [6.45, 7) is 3.96. The van der Waals surface area contributed by atoms with E-state index in [0.717, 1.165) is 50.5 Å². The first-order valence-corrected chi connectivity index (χ1v) is 11.3. The highest BCUT2D eigenvalue weighted by Crippen LogP contribution is 2.26. The zero-order chi connectivity index (χ0) is 21.0. The van der Waals surface area contributed by atoms with Crippen molar-refractivity contribution < 1.29 is 0 Å². The van der Waals surface area contributed by atoms with E-state index < -0.39 is 0 Å². The number of H-pyrrole nitrogens is 1. The van der Waals surface area contributed by atoms with Crippen molar-refractivity contribution in [1.82, 2.24) is 25.1 Å². The van der Waals surface area contributed by atoms with Crippen molar-refractivity contribution in [3.63, 3.8) is 0 Å². The minimum Gasteiger partial charge on any atom is -0.357 e. The average molecular weight is 421 g/mol. The van der Waals surface area contributed by atoms with Crippen LogP contribution in [0.5, 0.6) is 0 Å². The summed E-state index contributed by atoms with van der Waals surface area (Å²) >= 11 is 0. The van der Waals surface area contributed by atoms with Crippen LogP contribution in [0.2, 0.25) is 0 Å². The Labute approximate surface area is 180 Å². The highest BCUT2D eigenvalue weighted by atomic mass is 16.1. The van der Waals surface area contributed by atoms with E-state index in [0.29, 0.717) is 22.7 Å². The average Bonchev–Trinajstić information content (AvgIpc) is 3.10. The number of aromatic nitrogens is 5. The van der Waals surface area contributed by atoms with Crippen LogP contribution in [0.25, 0.3) is 10.9 Å². The molecule has 2 fully saturated rings. The molecule has 31 heavy (non-hydrogen) atoms. The molecule has 3 aromatic heterocycles. The SMILES string of the molecule is O=c1[nH]ncc2nc(N3CCCCCC3)nc(Nc3ccc(N4CCCCC4)nc3)c12. The molecule has 0 spiro atoms. The fourth-order valence-corrected chi connectivity index (χ4v) is 4.40. The molecule has 162 valence electrons. The smallest absolute Gasteiger partial charge is 0.277 e. The first-order chi connectivity index (χ1) is 15.3. The van der Waals surface area contributed by atoms with Gasteiger partial charge in [-0.15, -0.1) is 0 Å². The van der Waals surface area contributed by atoms with Gasteiger partial charge < -0.3 is 15.1 Å². The predicted octanol–water partition coefficient (Wildman–Crippen LogP) is 3.22. The lowest BCUT2D eigenvalue weighted by atomic mass is 10.1. The van der Waals surface area contributed by atoms with Crippen molar-refractivity contribution in [2.45, 2.75) is 44.9 Å². The third kappa shape index (κ3) is 4.30. The minimum atomic E-state index is -0.305. The molecule has 0 unspecified atom stereocenters. The van der Waals surface area contributed by atoms with Gasteiger partial charge >= 0.3 is 0 Å². The number of rotatable bonds is 4. The summed E-state index contributed by atoms with van der Waals surface area (Å²) in [5.41, 5.74) is 1.03. The Morgan fingerprint density at radius 1 is 0.839 bits per heavy atom. The molecule has 9 heteroatoms. The van der Waals surface area contributed by atoms with Crippen LogP contribution in [0.4, 0.5) is 23.3 Å². The molecule has 3 aromatic rings. The van der Waals surface area contributed by atoms with Crippen LogP contribution in [-0.2, 0) is 0 Å². The second-order valence-electron chi connectivity index (χ2n) is 8.31. The summed E-state index contributed by atoms with van der Waals surface area (Å²) in [5.74, 6) is 2.12. The van der Waals surface area contributed by atoms with Crippen LogP contribution in [-0.4, -0.2) is 51.3 Å². The summed E-state index contributed by atoms with van der Waals surface area (Å²) < 4.78 is 0. The number of pyridine rings is 1. The van der Waals surface area contributed by atoms with E-state index >= 15 is 0 Å². The summed E-state index contributed by atoms with van der Waals surface area (Å²) in [6.07, 6.45) is 11.8. The quantitative estimate of drug-likeness (QED) is 0.663. The first kappa shape index (κ1) is 19.7. The Balaban J connectivity index is 1.47. The zero-order valence-electron chi connectivity index (χ0n) is 17.7. The van der Waals surface area contributed by atoms with Crippen molar-refractivity contribution in [3.05, 3.63) is 34.9 Å². The molecule has 0 saturated carbocycles. The summed E-state index contributed by atoms with van der Waals surface area (Å²) in [5, 5.41) is 10.2. The molecule has 0 atom stereocenters. The molecule has 0 radical (unpaired) electrons. The van der Waals surface area contributed by atoms with Gasteiger partial charge in [-0.2, -0.15) is 10.1 Å². The van der Waals surface area contributed by atoms with Gasteiger partial charge in [0.15, 0.2) is 0 Å². The predicted molar refractivity (Wildman–Crippen MR) is 122 cm³/mol. The van der Waals surface area contributed by atoms with E-state index in [1.165, 1.54) is 32.1 Å². The molecule has 5 rings (SSSR count). The van der Waals surface area contributed by atoms with Crippen molar-refractivity contribution in [1.29, 1.82) is 0 Å². The number of piperidine rings is 1. The number of fused-ring (bicyclic) bond motifs is 1. The molecular weight excluding hydrogens is 392 g/mol. The Morgan fingerprint density at radius 3 is 2.26 bits per heavy atom. The molecular formula is C22H28N8O. The highest BCUT2D eigenvalue weighted by Gasteiger charge is 2.18. The number of hydrogen-bond donors (Lipinski definition) is 2. The molecule has 5 heterocycles. The van der Waals surface area contributed by atoms with Crippen LogP contribution in [0.3, 0.4) is 0 Å². The summed E-state index contributed by atoms with van der Waals surface area (Å²) in [7, 11) is 0. The van der Waals surface area contributed by atoms with E-state index in [1.807, 2.05) is 12.1 Å². The monoisotopic (exact) mass is 420 g/mol. The molecule has 2 N–H and O–H groups in total. The van der Waals surface area contributed by atoms with Gasteiger partial charge in [-0.25, -0.2) is 15.1 Å². The Hall–Kier alpha value is -3.23. The van der Waals surface area contributed by atoms with Gasteiger partial charge in [0.2, 0.25) is 5.95 Å². The molecule has 0 aliphatic carbocycles. The maximum absolute atomic E-state index is 12.5. The highest BCUT2D eigenvalue weighted by molar-refractivity contribution is 5.90. The largest absolute Gasteiger partial charge is 0.357 e. The van der Waals surface area contributed by atoms with Crippen LogP contribution in [0, 0.1) is 0 Å². The van der Waals surface area contributed by atoms with Gasteiger partial charge in [0, 0.05) is 26.2 Å². The maximum Gasteiger partial charge on any atom is 0.277 e. The van der Waals surface area contributed by atoms with Gasteiger partial charge in [0.05, 0.1) is 18.1 Å². The zero-order valence-corrected chi connectivity index (χ0v) is 17.7. The van der Waals surface area contributed by atoms with E-state index in [2.05, 4.69) is 35.3 Å². The van der Waals surface area contributed by atoms with Gasteiger partial charge in [0.1, 0.15) is 22.5 Å². The molecule has 2 saturated heterocycles. The summed E-state index contributed by atoms with van der Waals surface area (Å²) in [6, 6.07) is 4.02. The lowest BCUT2D eigenvalue weighted by molar-refractivity contribution is 0.573. The fraction of sp³-hybridized carbons (Fsp3) is 0.500. The number of aromatic amines is 1. The minimum absolute atomic E-state index is 0.305. The van der Waals surface area contributed by atoms with Gasteiger partial charge in [-0.1, -0.05) is 12.8 Å². The maximum atomic E-state index is 12.5. The molecule has 9 nitrogen and oxygen atoms in total. The van der Waals surface area contributed by atoms with E-state index in [1.54, 1.807) is 12.4 Å². The molecule has 0 amide bonds. The normalized spacial score (nSPS) is 17.5. The molecule has 2 aliphatic rings. The second kappa shape index (κ2) is 8.87. The molecule has 0 bridgehead atoms. The first-order valence-electron chi connectivity index (χ1n) is 11.3. The lowest BCUT2D eigenvalue weighted by Crippen LogP contribution is -2.30. The van der Waals surface area contributed by atoms with Gasteiger partial charge in [0.25, 0.3) is 5.56 Å². The van der Waals surface area contributed by atoms with Crippen LogP contribution >= 0.6 is 0 Å². The molecule has 2 aliphatic heterocycles. The van der Waals surface area contributed by atoms with Gasteiger partial charge in [-0.05, 0) is 44.2 Å². The number of hydrogen-bond acceptors (Lipinski definition) is 8. The van der Waals surface area contributed by atoms with Crippen molar-refractivity contribution in [3.8, 4) is 0 Å². The van der Waals surface area contributed by atoms with Crippen LogP contribution < -0.4 is 20.7 Å². The van der Waals surface area contributed by atoms with Gasteiger partial charge in [-0.3, -0.25) is 4.79 Å². The third-order valence-corrected chi connectivity index (χ3v) is 6.08. The van der Waals surface area contributed by atoms with E-state index in [-0.39, 0.29) is 5.56 Å². The number of nitrogens with zero attached hydrogens (tertiary/aromatic N) is 6. The van der Waals surface area contributed by atoms with Crippen molar-refractivity contribution >= 4 is 34.2 Å². The van der Waals surface area contributed by atoms with E-state index in [9.17, 15) is 4.79 Å².